The molecule has 0 saturated carbocycles. The van der Waals surface area contributed by atoms with Crippen LogP contribution >= 0.6 is 0 Å². The average Bonchev–Trinajstić information content (AvgIpc) is 2.54. The van der Waals surface area contributed by atoms with E-state index in [4.69, 9.17) is 0 Å². The molecule has 2 fully saturated rings. The van der Waals surface area contributed by atoms with Crippen LogP contribution in [0.1, 0.15) is 6.42 Å². The fraction of sp³-hybridized carbons (Fsp3) is 0.600. The Kier molecular flexibility index (Phi) is 7.68. The van der Waals surface area contributed by atoms with E-state index in [9.17, 15) is 9.59 Å². The Bertz CT molecular complexity index is 473. The van der Waals surface area contributed by atoms with Crippen LogP contribution in [0.5, 0.6) is 0 Å². The van der Waals surface area contributed by atoms with Gasteiger partial charge in [0.25, 0.3) is 0 Å². The van der Waals surface area contributed by atoms with Gasteiger partial charge in [-0.25, -0.2) is 0 Å². The third kappa shape index (κ3) is 4.94. The van der Waals surface area contributed by atoms with Crippen molar-refractivity contribution in [3.8, 4) is 0 Å². The molecule has 6 radical (unpaired) electrons. The van der Waals surface area contributed by atoms with Gasteiger partial charge in [-0.3, -0.25) is 0 Å². The van der Waals surface area contributed by atoms with E-state index in [0.717, 1.165) is 95.4 Å². The van der Waals surface area contributed by atoms with Crippen LogP contribution in [0.2, 0.25) is 0 Å². The molecule has 2 heterocycles. The van der Waals surface area contributed by atoms with Gasteiger partial charge in [-0.15, -0.1) is 0 Å². The molecule has 0 unspecified atom stereocenters. The van der Waals surface area contributed by atoms with Gasteiger partial charge in [-0.1, -0.05) is 0 Å². The quantitative estimate of drug-likeness (QED) is 0.286. The van der Waals surface area contributed by atoms with Gasteiger partial charge in [-0.05, 0) is 0 Å². The van der Waals surface area contributed by atoms with Gasteiger partial charge in [0.2, 0.25) is 0 Å². The van der Waals surface area contributed by atoms with Crippen molar-refractivity contribution in [1.29, 1.82) is 0 Å². The predicted molar refractivity (Wildman–Crippen MR) is 87.8 cm³/mol. The fourth-order valence-corrected chi connectivity index (χ4v) is 4.43. The van der Waals surface area contributed by atoms with Crippen LogP contribution in [0, 0.1) is 0 Å². The van der Waals surface area contributed by atoms with Crippen molar-refractivity contribution >= 4 is 63.2 Å². The molecule has 0 spiro atoms. The van der Waals surface area contributed by atoms with Crippen molar-refractivity contribution in [2.24, 2.45) is 0 Å². The van der Waals surface area contributed by atoms with Gasteiger partial charge in [-0.2, -0.15) is 0 Å². The third-order valence-corrected chi connectivity index (χ3v) is 6.95. The van der Waals surface area contributed by atoms with E-state index < -0.39 is 0 Å². The van der Waals surface area contributed by atoms with E-state index in [1.54, 1.807) is 0 Å². The number of likely N-dealkylation sites (tertiary alicyclic amines) is 1. The molecule has 0 atom stereocenters. The molecule has 0 aromatic rings. The zero-order valence-corrected chi connectivity index (χ0v) is 20.7. The Morgan fingerprint density at radius 3 is 2.14 bits per heavy atom. The van der Waals surface area contributed by atoms with Gasteiger partial charge in [0.1, 0.15) is 0 Å². The number of rotatable bonds is 3. The standard InChI is InChI=1S/C15H21N3O2.2Pb/c1-12-10-18(11-13(2)15(12)20)14(19)4-5-17-8-6-16(3)7-9-17;;/h1-2H,4-11H2,3H3;;. The van der Waals surface area contributed by atoms with Gasteiger partial charge in [0.15, 0.2) is 0 Å². The number of piperazine rings is 1. The normalized spacial score (nSPS) is 25.2. The Labute approximate surface area is 164 Å². The molecule has 7 heteroatoms. The second-order valence-electron chi connectivity index (χ2n) is 5.81. The summed E-state index contributed by atoms with van der Waals surface area (Å²) in [5, 5.41) is 0. The summed E-state index contributed by atoms with van der Waals surface area (Å²) in [5.41, 5.74) is 1.63. The molecule has 2 aliphatic heterocycles. The molecule has 0 aromatic heterocycles. The number of amides is 1. The first kappa shape index (κ1) is 18.7. The molecule has 0 aliphatic carbocycles. The number of Topliss-reactive ketones (excluding diaryl/α,β-unsaturated/α-hetero) is 1. The number of likely N-dealkylation sites (N-methyl/N-ethyl adjacent to an activating group) is 1. The van der Waals surface area contributed by atoms with Crippen LogP contribution in [0.3, 0.4) is 0 Å². The summed E-state index contributed by atoms with van der Waals surface area (Å²) in [6.07, 6.45) is 0.556. The minimum absolute atomic E-state index is 0.160. The molecule has 116 valence electrons. The summed E-state index contributed by atoms with van der Waals surface area (Å²) in [4.78, 5) is 31.2. The van der Waals surface area contributed by atoms with Crippen molar-refractivity contribution < 1.29 is 9.59 Å². The van der Waals surface area contributed by atoms with Crippen molar-refractivity contribution in [3.63, 3.8) is 0 Å². The minimum atomic E-state index is 0.160. The summed E-state index contributed by atoms with van der Waals surface area (Å²) in [6, 6.07) is 0. The SMILES string of the molecule is CN1CCN(CCC(=O)N2C/C(=[CH]\[Pb])C(=O)/C(=[CH]/[Pb])C2)CC1. The van der Waals surface area contributed by atoms with E-state index in [2.05, 4.69) is 16.8 Å². The van der Waals surface area contributed by atoms with Gasteiger partial charge in [0.05, 0.1) is 0 Å². The molecule has 2 rings (SSSR count). The fourth-order valence-electron chi connectivity index (χ4n) is 2.70. The van der Waals surface area contributed by atoms with Crippen LogP contribution in [-0.4, -0.2) is 131 Å². The van der Waals surface area contributed by atoms with Gasteiger partial charge in [0, 0.05) is 0 Å². The predicted octanol–water partition coefficient (Wildman–Crippen LogP) is -0.860. The number of hydrogen-bond acceptors (Lipinski definition) is 4. The number of piperidine rings is 1. The van der Waals surface area contributed by atoms with E-state index >= 15 is 0 Å². The van der Waals surface area contributed by atoms with Crippen LogP contribution < -0.4 is 0 Å². The summed E-state index contributed by atoms with van der Waals surface area (Å²) < 4.78 is 3.96. The Hall–Kier alpha value is 0.384. The molecule has 0 aromatic carbocycles. The van der Waals surface area contributed by atoms with Crippen LogP contribution in [-0.2, 0) is 9.59 Å². The number of carbonyl (C=O) groups excluding carboxylic acids is 2. The average molecular weight is 690 g/mol. The summed E-state index contributed by atoms with van der Waals surface area (Å²) in [5.74, 6) is 0.335. The van der Waals surface area contributed by atoms with Gasteiger partial charge < -0.3 is 0 Å². The van der Waals surface area contributed by atoms with Gasteiger partial charge >= 0.3 is 165 Å². The van der Waals surface area contributed by atoms with Crippen molar-refractivity contribution in [3.05, 3.63) is 18.4 Å². The molecule has 2 aliphatic rings. The molecule has 1 amide bonds. The summed E-state index contributed by atoms with van der Waals surface area (Å²) >= 11 is 1.71. The first-order valence-corrected chi connectivity index (χ1v) is 12.0. The van der Waals surface area contributed by atoms with E-state index in [0.29, 0.717) is 19.5 Å². The van der Waals surface area contributed by atoms with Crippen molar-refractivity contribution in [2.75, 3.05) is 52.9 Å². The van der Waals surface area contributed by atoms with E-state index in [1.165, 1.54) is 0 Å². The maximum absolute atomic E-state index is 12.5. The Balaban J connectivity index is 1.88. The zero-order chi connectivity index (χ0) is 16.1. The number of hydrogen-bond donors (Lipinski definition) is 0. The molecule has 2 saturated heterocycles. The Morgan fingerprint density at radius 2 is 1.64 bits per heavy atom. The second-order valence-corrected chi connectivity index (χ2v) is 8.06. The second kappa shape index (κ2) is 9.02. The maximum atomic E-state index is 12.5. The first-order valence-electron chi connectivity index (χ1n) is 7.51. The topological polar surface area (TPSA) is 43.9 Å². The first-order chi connectivity index (χ1) is 10.5. The van der Waals surface area contributed by atoms with E-state index in [1.807, 2.05) is 12.2 Å². The molecule has 22 heavy (non-hydrogen) atoms. The number of nitrogens with zero attached hydrogens (tertiary/aromatic N) is 3. The molecular weight excluding hydrogens is 669 g/mol. The van der Waals surface area contributed by atoms with E-state index in [-0.39, 0.29) is 11.7 Å². The third-order valence-electron chi connectivity index (χ3n) is 4.24. The summed E-state index contributed by atoms with van der Waals surface area (Å²) in [7, 11) is 2.14. The molecular formula is C15H21N3O2Pb2. The molecule has 5 nitrogen and oxygen atoms in total. The van der Waals surface area contributed by atoms with Crippen LogP contribution in [0.4, 0.5) is 0 Å². The summed E-state index contributed by atoms with van der Waals surface area (Å²) in [6.45, 7) is 6.07. The van der Waals surface area contributed by atoms with Crippen LogP contribution in [0.15, 0.2) is 18.4 Å². The number of ketones is 1. The van der Waals surface area contributed by atoms with Crippen molar-refractivity contribution in [1.82, 2.24) is 14.7 Å². The molecule has 0 bridgehead atoms. The van der Waals surface area contributed by atoms with Crippen molar-refractivity contribution in [2.45, 2.75) is 6.42 Å². The zero-order valence-electron chi connectivity index (χ0n) is 13.0. The number of carbonyl (C=O) groups is 2. The van der Waals surface area contributed by atoms with Crippen LogP contribution in [0.25, 0.3) is 0 Å². The monoisotopic (exact) mass is 691 g/mol. The Morgan fingerprint density at radius 1 is 1.09 bits per heavy atom. The molecule has 0 N–H and O–H groups in total.